The van der Waals surface area contributed by atoms with Crippen LogP contribution in [0.4, 0.5) is 0 Å². The summed E-state index contributed by atoms with van der Waals surface area (Å²) in [6.45, 7) is 2.04. The van der Waals surface area contributed by atoms with E-state index in [2.05, 4.69) is 0 Å². The van der Waals surface area contributed by atoms with Gasteiger partial charge in [0.1, 0.15) is 0 Å². The van der Waals surface area contributed by atoms with E-state index in [1.54, 1.807) is 7.11 Å². The molecule has 0 aromatic heterocycles. The van der Waals surface area contributed by atoms with Crippen molar-refractivity contribution >= 4 is 11.9 Å². The Bertz CT molecular complexity index is 451. The molecule has 21 heavy (non-hydrogen) atoms. The molecule has 118 valence electrons. The predicted molar refractivity (Wildman–Crippen MR) is 76.5 cm³/mol. The second-order valence-corrected chi connectivity index (χ2v) is 6.15. The van der Waals surface area contributed by atoms with Gasteiger partial charge in [0.25, 0.3) is 0 Å². The van der Waals surface area contributed by atoms with Crippen molar-refractivity contribution < 1.29 is 23.8 Å². The Morgan fingerprint density at radius 3 is 2.33 bits per heavy atom. The normalized spacial score (nSPS) is 28.5. The van der Waals surface area contributed by atoms with Gasteiger partial charge in [-0.25, -0.2) is 0 Å². The molecule has 1 saturated carbocycles. The van der Waals surface area contributed by atoms with Crippen molar-refractivity contribution in [2.45, 2.75) is 44.6 Å². The van der Waals surface area contributed by atoms with Gasteiger partial charge in [0, 0.05) is 7.11 Å². The number of allylic oxidation sites excluding steroid dienone is 1. The van der Waals surface area contributed by atoms with Crippen molar-refractivity contribution in [1.29, 1.82) is 0 Å². The van der Waals surface area contributed by atoms with Crippen molar-refractivity contribution in [2.24, 2.45) is 11.8 Å². The fourth-order valence-electron chi connectivity index (χ4n) is 3.73. The Kier molecular flexibility index (Phi) is 4.71. The molecule has 2 rings (SSSR count). The number of methoxy groups -OCH3 is 3. The summed E-state index contributed by atoms with van der Waals surface area (Å²) in [5, 5.41) is 0. The van der Waals surface area contributed by atoms with Crippen LogP contribution in [-0.2, 0) is 23.8 Å². The van der Waals surface area contributed by atoms with Gasteiger partial charge in [0.05, 0.1) is 19.8 Å². The molecule has 0 aromatic rings. The van der Waals surface area contributed by atoms with E-state index in [0.29, 0.717) is 12.3 Å². The fraction of sp³-hybridized carbons (Fsp3) is 0.750. The minimum absolute atomic E-state index is 0.339. The summed E-state index contributed by atoms with van der Waals surface area (Å²) in [6, 6.07) is 0. The minimum atomic E-state index is -0.953. The second kappa shape index (κ2) is 6.18. The average Bonchev–Trinajstić information content (AvgIpc) is 2.94. The topological polar surface area (TPSA) is 61.8 Å². The fourth-order valence-corrected chi connectivity index (χ4v) is 3.73. The first-order valence-electron chi connectivity index (χ1n) is 7.38. The van der Waals surface area contributed by atoms with Crippen LogP contribution in [0.25, 0.3) is 0 Å². The molecule has 0 radical (unpaired) electrons. The summed E-state index contributed by atoms with van der Waals surface area (Å²) in [6.07, 6.45) is 4.65. The first-order valence-corrected chi connectivity index (χ1v) is 7.38. The van der Waals surface area contributed by atoms with E-state index in [9.17, 15) is 9.59 Å². The number of rotatable bonds is 4. The molecular formula is C16H24O5. The largest absolute Gasteiger partial charge is 0.468 e. The van der Waals surface area contributed by atoms with Gasteiger partial charge in [-0.1, -0.05) is 5.57 Å². The SMILES string of the molecule is COC(=O)C(C(=O)OC)C1=C2CCCC2CC(C)(OC)C1. The molecular weight excluding hydrogens is 272 g/mol. The van der Waals surface area contributed by atoms with Gasteiger partial charge in [-0.3, -0.25) is 9.59 Å². The summed E-state index contributed by atoms with van der Waals surface area (Å²) >= 11 is 0. The van der Waals surface area contributed by atoms with Crippen molar-refractivity contribution in [3.63, 3.8) is 0 Å². The van der Waals surface area contributed by atoms with E-state index in [-0.39, 0.29) is 5.60 Å². The molecule has 2 atom stereocenters. The van der Waals surface area contributed by atoms with E-state index in [4.69, 9.17) is 14.2 Å². The maximum atomic E-state index is 12.1. The van der Waals surface area contributed by atoms with E-state index >= 15 is 0 Å². The van der Waals surface area contributed by atoms with Crippen LogP contribution >= 0.6 is 0 Å². The molecule has 2 aliphatic rings. The van der Waals surface area contributed by atoms with Crippen LogP contribution in [0.2, 0.25) is 0 Å². The summed E-state index contributed by atoms with van der Waals surface area (Å²) in [7, 11) is 4.28. The van der Waals surface area contributed by atoms with Crippen molar-refractivity contribution in [3.8, 4) is 0 Å². The Balaban J connectivity index is 2.44. The number of hydrogen-bond acceptors (Lipinski definition) is 5. The lowest BCUT2D eigenvalue weighted by Gasteiger charge is -2.39. The maximum Gasteiger partial charge on any atom is 0.324 e. The lowest BCUT2D eigenvalue weighted by Crippen LogP contribution is -2.39. The predicted octanol–water partition coefficient (Wildman–Crippen LogP) is 2.24. The highest BCUT2D eigenvalue weighted by Crippen LogP contribution is 2.48. The summed E-state index contributed by atoms with van der Waals surface area (Å²) < 4.78 is 15.3. The zero-order valence-electron chi connectivity index (χ0n) is 13.2. The van der Waals surface area contributed by atoms with Gasteiger partial charge in [0.2, 0.25) is 0 Å². The highest BCUT2D eigenvalue weighted by atomic mass is 16.5. The summed E-state index contributed by atoms with van der Waals surface area (Å²) in [5.41, 5.74) is 1.76. The molecule has 2 aliphatic carbocycles. The van der Waals surface area contributed by atoms with Gasteiger partial charge >= 0.3 is 11.9 Å². The Hall–Kier alpha value is -1.36. The van der Waals surface area contributed by atoms with Crippen LogP contribution in [0, 0.1) is 11.8 Å². The molecule has 5 heteroatoms. The third-order valence-corrected chi connectivity index (χ3v) is 4.86. The van der Waals surface area contributed by atoms with Crippen LogP contribution in [0.1, 0.15) is 39.0 Å². The van der Waals surface area contributed by atoms with E-state index < -0.39 is 17.9 Å². The monoisotopic (exact) mass is 296 g/mol. The smallest absolute Gasteiger partial charge is 0.324 e. The van der Waals surface area contributed by atoms with Gasteiger partial charge in [-0.2, -0.15) is 0 Å². The molecule has 0 N–H and O–H groups in total. The quantitative estimate of drug-likeness (QED) is 0.452. The maximum absolute atomic E-state index is 12.1. The molecule has 5 nitrogen and oxygen atoms in total. The lowest BCUT2D eigenvalue weighted by atomic mass is 9.72. The average molecular weight is 296 g/mol. The van der Waals surface area contributed by atoms with Crippen LogP contribution < -0.4 is 0 Å². The van der Waals surface area contributed by atoms with Crippen LogP contribution in [0.15, 0.2) is 11.1 Å². The van der Waals surface area contributed by atoms with Gasteiger partial charge in [-0.15, -0.1) is 0 Å². The number of fused-ring (bicyclic) bond motifs is 1. The highest BCUT2D eigenvalue weighted by molar-refractivity contribution is 5.98. The molecule has 0 amide bonds. The molecule has 0 saturated heterocycles. The zero-order chi connectivity index (χ0) is 15.6. The lowest BCUT2D eigenvalue weighted by molar-refractivity contribution is -0.157. The van der Waals surface area contributed by atoms with Crippen molar-refractivity contribution in [1.82, 2.24) is 0 Å². The Labute approximate surface area is 125 Å². The number of ether oxygens (including phenoxy) is 3. The summed E-state index contributed by atoms with van der Waals surface area (Å²) in [4.78, 5) is 24.2. The van der Waals surface area contributed by atoms with Crippen LogP contribution in [0.5, 0.6) is 0 Å². The van der Waals surface area contributed by atoms with Crippen molar-refractivity contribution in [2.75, 3.05) is 21.3 Å². The molecule has 0 spiro atoms. The third kappa shape index (κ3) is 2.98. The van der Waals surface area contributed by atoms with Gasteiger partial charge in [0.15, 0.2) is 5.92 Å². The first-order chi connectivity index (χ1) is 9.95. The van der Waals surface area contributed by atoms with Crippen LogP contribution in [0.3, 0.4) is 0 Å². The number of carbonyl (C=O) groups is 2. The molecule has 0 aromatic carbocycles. The number of hydrogen-bond donors (Lipinski definition) is 0. The van der Waals surface area contributed by atoms with E-state index in [1.165, 1.54) is 19.8 Å². The molecule has 0 aliphatic heterocycles. The molecule has 1 fully saturated rings. The standard InChI is InChI=1S/C16H24O5/c1-16(21-4)8-10-6-5-7-11(10)12(9-16)13(14(17)19-2)15(18)20-3/h10,13H,5-9H2,1-4H3. The van der Waals surface area contributed by atoms with Crippen molar-refractivity contribution in [3.05, 3.63) is 11.1 Å². The number of carbonyl (C=O) groups excluding carboxylic acids is 2. The second-order valence-electron chi connectivity index (χ2n) is 6.15. The Morgan fingerprint density at radius 1 is 1.19 bits per heavy atom. The third-order valence-electron chi connectivity index (χ3n) is 4.86. The van der Waals surface area contributed by atoms with Gasteiger partial charge in [-0.05, 0) is 50.5 Å². The van der Waals surface area contributed by atoms with Gasteiger partial charge < -0.3 is 14.2 Å². The minimum Gasteiger partial charge on any atom is -0.468 e. The molecule has 2 unspecified atom stereocenters. The number of esters is 2. The summed E-state index contributed by atoms with van der Waals surface area (Å²) in [5.74, 6) is -1.65. The van der Waals surface area contributed by atoms with E-state index in [0.717, 1.165) is 31.3 Å². The highest BCUT2D eigenvalue weighted by Gasteiger charge is 2.45. The first kappa shape index (κ1) is 16.0. The van der Waals surface area contributed by atoms with Crippen LogP contribution in [-0.4, -0.2) is 38.9 Å². The molecule has 0 heterocycles. The zero-order valence-corrected chi connectivity index (χ0v) is 13.2. The molecule has 0 bridgehead atoms. The Morgan fingerprint density at radius 2 is 1.81 bits per heavy atom. The van der Waals surface area contributed by atoms with E-state index in [1.807, 2.05) is 6.92 Å².